The standard InChI is InChI=1S/C16H14Cl2N2/c17-10-5-6-11(15(18)7-10)13(8-19)14-9-20-16-4-2-1-3-12(14)16/h1-7,9,13,20H,8,19H2/p+1/t13-/m1/s1. The fraction of sp³-hybridized carbons (Fsp3) is 0.125. The summed E-state index contributed by atoms with van der Waals surface area (Å²) in [6.07, 6.45) is 2.05. The van der Waals surface area contributed by atoms with Crippen molar-refractivity contribution >= 4 is 34.1 Å². The first kappa shape index (κ1) is 13.5. The molecule has 102 valence electrons. The van der Waals surface area contributed by atoms with Crippen molar-refractivity contribution in [2.24, 2.45) is 0 Å². The van der Waals surface area contributed by atoms with E-state index in [1.165, 1.54) is 10.9 Å². The number of benzene rings is 2. The first-order valence-corrected chi connectivity index (χ1v) is 7.26. The van der Waals surface area contributed by atoms with E-state index in [-0.39, 0.29) is 5.92 Å². The molecule has 4 N–H and O–H groups in total. The first-order valence-electron chi connectivity index (χ1n) is 6.51. The highest BCUT2D eigenvalue weighted by molar-refractivity contribution is 6.35. The van der Waals surface area contributed by atoms with E-state index >= 15 is 0 Å². The van der Waals surface area contributed by atoms with E-state index in [1.807, 2.05) is 30.5 Å². The van der Waals surface area contributed by atoms with E-state index < -0.39 is 0 Å². The SMILES string of the molecule is [NH3+]C[C@H](c1ccc(Cl)cc1Cl)c1c[nH]c2ccccc12. The molecular formula is C16H15Cl2N2+. The predicted octanol–water partition coefficient (Wildman–Crippen LogP) is 3.85. The van der Waals surface area contributed by atoms with Gasteiger partial charge in [-0.3, -0.25) is 0 Å². The van der Waals surface area contributed by atoms with Gasteiger partial charge in [-0.1, -0.05) is 47.5 Å². The minimum Gasteiger partial charge on any atom is -0.361 e. The molecule has 20 heavy (non-hydrogen) atoms. The van der Waals surface area contributed by atoms with Gasteiger partial charge >= 0.3 is 0 Å². The smallest absolute Gasteiger partial charge is 0.0852 e. The Morgan fingerprint density at radius 3 is 2.60 bits per heavy atom. The van der Waals surface area contributed by atoms with Crippen molar-refractivity contribution in [3.05, 3.63) is 69.8 Å². The molecule has 0 saturated carbocycles. The van der Waals surface area contributed by atoms with E-state index in [9.17, 15) is 0 Å². The molecule has 0 radical (unpaired) electrons. The van der Waals surface area contributed by atoms with Gasteiger partial charge in [0.2, 0.25) is 0 Å². The van der Waals surface area contributed by atoms with Gasteiger partial charge in [0.1, 0.15) is 0 Å². The Kier molecular flexibility index (Phi) is 3.70. The zero-order valence-electron chi connectivity index (χ0n) is 10.9. The Morgan fingerprint density at radius 2 is 1.85 bits per heavy atom. The van der Waals surface area contributed by atoms with Crippen LogP contribution < -0.4 is 5.73 Å². The number of hydrogen-bond donors (Lipinski definition) is 2. The van der Waals surface area contributed by atoms with Crippen LogP contribution in [0.3, 0.4) is 0 Å². The average Bonchev–Trinajstić information content (AvgIpc) is 2.86. The van der Waals surface area contributed by atoms with Crippen molar-refractivity contribution in [3.63, 3.8) is 0 Å². The lowest BCUT2D eigenvalue weighted by molar-refractivity contribution is -0.370. The number of nitrogens with one attached hydrogen (secondary N) is 1. The topological polar surface area (TPSA) is 43.4 Å². The van der Waals surface area contributed by atoms with Crippen LogP contribution in [0.25, 0.3) is 10.9 Å². The van der Waals surface area contributed by atoms with E-state index in [1.54, 1.807) is 6.07 Å². The molecule has 3 rings (SSSR count). The number of para-hydroxylation sites is 1. The molecule has 2 nitrogen and oxygen atoms in total. The van der Waals surface area contributed by atoms with E-state index in [2.05, 4.69) is 22.9 Å². The molecule has 0 fully saturated rings. The lowest BCUT2D eigenvalue weighted by atomic mass is 9.91. The second-order valence-electron chi connectivity index (χ2n) is 4.80. The number of aromatic nitrogens is 1. The number of fused-ring (bicyclic) bond motifs is 1. The second kappa shape index (κ2) is 5.49. The maximum absolute atomic E-state index is 6.35. The zero-order valence-corrected chi connectivity index (χ0v) is 12.4. The Balaban J connectivity index is 2.14. The normalized spacial score (nSPS) is 12.8. The minimum absolute atomic E-state index is 0.163. The summed E-state index contributed by atoms with van der Waals surface area (Å²) in [5.74, 6) is 0.163. The fourth-order valence-electron chi connectivity index (χ4n) is 2.64. The molecule has 0 unspecified atom stereocenters. The molecule has 4 heteroatoms. The average molecular weight is 306 g/mol. The third kappa shape index (κ3) is 2.31. The van der Waals surface area contributed by atoms with Gasteiger partial charge in [-0.15, -0.1) is 0 Å². The maximum atomic E-state index is 6.35. The third-order valence-electron chi connectivity index (χ3n) is 3.62. The number of H-pyrrole nitrogens is 1. The molecule has 0 spiro atoms. The number of halogens is 2. The zero-order chi connectivity index (χ0) is 14.1. The van der Waals surface area contributed by atoms with E-state index in [0.717, 1.165) is 17.6 Å². The van der Waals surface area contributed by atoms with Crippen LogP contribution in [0.5, 0.6) is 0 Å². The lowest BCUT2D eigenvalue weighted by Gasteiger charge is -2.15. The first-order chi connectivity index (χ1) is 9.70. The second-order valence-corrected chi connectivity index (χ2v) is 5.64. The minimum atomic E-state index is 0.163. The molecule has 1 heterocycles. The van der Waals surface area contributed by atoms with Crippen molar-refractivity contribution < 1.29 is 5.73 Å². The molecule has 3 aromatic rings. The highest BCUT2D eigenvalue weighted by Gasteiger charge is 2.20. The van der Waals surface area contributed by atoms with Crippen molar-refractivity contribution in [1.82, 2.24) is 4.98 Å². The van der Waals surface area contributed by atoms with Crippen molar-refractivity contribution in [2.45, 2.75) is 5.92 Å². The fourth-order valence-corrected chi connectivity index (χ4v) is 3.19. The summed E-state index contributed by atoms with van der Waals surface area (Å²) in [7, 11) is 0. The molecule has 0 aliphatic rings. The summed E-state index contributed by atoms with van der Waals surface area (Å²) >= 11 is 12.3. The van der Waals surface area contributed by atoms with Crippen molar-refractivity contribution in [3.8, 4) is 0 Å². The van der Waals surface area contributed by atoms with Crippen LogP contribution in [0.2, 0.25) is 10.0 Å². The Bertz CT molecular complexity index is 749. The van der Waals surface area contributed by atoms with Crippen LogP contribution >= 0.6 is 23.2 Å². The Hall–Kier alpha value is -1.48. The predicted molar refractivity (Wildman–Crippen MR) is 84.4 cm³/mol. The molecule has 1 atom stereocenters. The largest absolute Gasteiger partial charge is 0.361 e. The van der Waals surface area contributed by atoms with Gasteiger partial charge in [0.05, 0.1) is 12.5 Å². The van der Waals surface area contributed by atoms with Crippen molar-refractivity contribution in [1.29, 1.82) is 0 Å². The highest BCUT2D eigenvalue weighted by Crippen LogP contribution is 2.34. The van der Waals surface area contributed by atoms with Crippen molar-refractivity contribution in [2.75, 3.05) is 6.54 Å². The molecule has 0 saturated heterocycles. The molecule has 0 aliphatic carbocycles. The van der Waals surface area contributed by atoms with Gasteiger partial charge in [-0.05, 0) is 29.3 Å². The van der Waals surface area contributed by atoms with Gasteiger partial charge in [0, 0.05) is 27.1 Å². The summed E-state index contributed by atoms with van der Waals surface area (Å²) < 4.78 is 0. The van der Waals surface area contributed by atoms with Crippen LogP contribution in [-0.2, 0) is 0 Å². The molecule has 0 amide bonds. The summed E-state index contributed by atoms with van der Waals surface area (Å²) in [6, 6.07) is 13.9. The highest BCUT2D eigenvalue weighted by atomic mass is 35.5. The van der Waals surface area contributed by atoms with E-state index in [4.69, 9.17) is 23.2 Å². The van der Waals surface area contributed by atoms with Crippen LogP contribution in [-0.4, -0.2) is 11.5 Å². The van der Waals surface area contributed by atoms with Crippen LogP contribution in [0, 0.1) is 0 Å². The maximum Gasteiger partial charge on any atom is 0.0852 e. The van der Waals surface area contributed by atoms with Gasteiger partial charge in [-0.25, -0.2) is 0 Å². The molecule has 0 bridgehead atoms. The Labute approximate surface area is 127 Å². The van der Waals surface area contributed by atoms with Gasteiger partial charge in [0.15, 0.2) is 0 Å². The summed E-state index contributed by atoms with van der Waals surface area (Å²) in [5, 5.41) is 2.56. The number of quaternary nitrogens is 1. The monoisotopic (exact) mass is 305 g/mol. The molecule has 0 aliphatic heterocycles. The number of hydrogen-bond acceptors (Lipinski definition) is 0. The molecule has 1 aromatic heterocycles. The quantitative estimate of drug-likeness (QED) is 0.738. The molecular weight excluding hydrogens is 291 g/mol. The van der Waals surface area contributed by atoms with Crippen LogP contribution in [0.4, 0.5) is 0 Å². The number of aromatic amines is 1. The Morgan fingerprint density at radius 1 is 1.05 bits per heavy atom. The van der Waals surface area contributed by atoms with Crippen LogP contribution in [0.1, 0.15) is 17.0 Å². The summed E-state index contributed by atoms with van der Waals surface area (Å²) in [6.45, 7) is 0.739. The lowest BCUT2D eigenvalue weighted by Crippen LogP contribution is -2.53. The van der Waals surface area contributed by atoms with Gasteiger partial charge < -0.3 is 10.7 Å². The van der Waals surface area contributed by atoms with Gasteiger partial charge in [-0.2, -0.15) is 0 Å². The molecule has 2 aromatic carbocycles. The summed E-state index contributed by atoms with van der Waals surface area (Å²) in [4.78, 5) is 3.31. The van der Waals surface area contributed by atoms with Gasteiger partial charge in [0.25, 0.3) is 0 Å². The van der Waals surface area contributed by atoms with E-state index in [0.29, 0.717) is 10.0 Å². The number of rotatable bonds is 3. The summed E-state index contributed by atoms with van der Waals surface area (Å²) in [5.41, 5.74) is 7.50. The van der Waals surface area contributed by atoms with Crippen LogP contribution in [0.15, 0.2) is 48.7 Å². The third-order valence-corrected chi connectivity index (χ3v) is 4.19.